The fourth-order valence-corrected chi connectivity index (χ4v) is 2.69. The van der Waals surface area contributed by atoms with E-state index in [-0.39, 0.29) is 0 Å². The van der Waals surface area contributed by atoms with Crippen LogP contribution in [-0.4, -0.2) is 39.7 Å². The highest BCUT2D eigenvalue weighted by Gasteiger charge is 2.29. The third-order valence-corrected chi connectivity index (χ3v) is 3.95. The second kappa shape index (κ2) is 4.97. The first kappa shape index (κ1) is 12.9. The van der Waals surface area contributed by atoms with E-state index in [1.807, 2.05) is 10.8 Å². The minimum absolute atomic E-state index is 0.365. The molecule has 0 amide bonds. The van der Waals surface area contributed by atoms with E-state index in [0.717, 1.165) is 10.1 Å². The monoisotopic (exact) mass is 348 g/mol. The summed E-state index contributed by atoms with van der Waals surface area (Å²) in [6, 6.07) is 2.78. The van der Waals surface area contributed by atoms with Crippen molar-refractivity contribution < 1.29 is 9.90 Å². The van der Waals surface area contributed by atoms with Crippen molar-refractivity contribution in [2.24, 2.45) is 0 Å². The average molecular weight is 348 g/mol. The standard InChI is InChI=1S/C12H17IN2O2/c1-8(14(2)10-3-4-10)6-15-7-9(13)5-11(15)12(16)17/h5,7-8,10H,3-4,6H2,1-2H3,(H,16,17). The van der Waals surface area contributed by atoms with Gasteiger partial charge < -0.3 is 9.67 Å². The highest BCUT2D eigenvalue weighted by Crippen LogP contribution is 2.27. The lowest BCUT2D eigenvalue weighted by Gasteiger charge is -2.25. The summed E-state index contributed by atoms with van der Waals surface area (Å²) in [5.74, 6) is -0.853. The van der Waals surface area contributed by atoms with Crippen LogP contribution in [0.1, 0.15) is 30.3 Å². The molecular formula is C12H17IN2O2. The Morgan fingerprint density at radius 1 is 1.71 bits per heavy atom. The molecule has 1 atom stereocenters. The molecule has 1 heterocycles. The lowest BCUT2D eigenvalue weighted by atomic mass is 10.3. The Bertz CT molecular complexity index is 426. The van der Waals surface area contributed by atoms with E-state index in [0.29, 0.717) is 17.8 Å². The van der Waals surface area contributed by atoms with Gasteiger partial charge in [0, 0.05) is 28.4 Å². The molecule has 0 aromatic carbocycles. The molecular weight excluding hydrogens is 331 g/mol. The van der Waals surface area contributed by atoms with Crippen molar-refractivity contribution in [3.8, 4) is 0 Å². The Kier molecular flexibility index (Phi) is 3.77. The maximum Gasteiger partial charge on any atom is 0.352 e. The van der Waals surface area contributed by atoms with Crippen molar-refractivity contribution in [1.29, 1.82) is 0 Å². The van der Waals surface area contributed by atoms with Gasteiger partial charge in [0.05, 0.1) is 0 Å². The first-order valence-corrected chi connectivity index (χ1v) is 6.88. The van der Waals surface area contributed by atoms with Crippen LogP contribution in [0.3, 0.4) is 0 Å². The molecule has 0 saturated heterocycles. The van der Waals surface area contributed by atoms with Crippen LogP contribution in [0, 0.1) is 3.57 Å². The molecule has 4 nitrogen and oxygen atoms in total. The topological polar surface area (TPSA) is 45.5 Å². The number of carboxylic acid groups (broad SMARTS) is 1. The van der Waals surface area contributed by atoms with Gasteiger partial charge in [0.2, 0.25) is 0 Å². The van der Waals surface area contributed by atoms with Crippen LogP contribution < -0.4 is 0 Å². The van der Waals surface area contributed by atoms with E-state index in [2.05, 4.69) is 41.5 Å². The van der Waals surface area contributed by atoms with E-state index in [1.54, 1.807) is 6.07 Å². The summed E-state index contributed by atoms with van der Waals surface area (Å²) in [7, 11) is 2.12. The van der Waals surface area contributed by atoms with Gasteiger partial charge in [-0.1, -0.05) is 0 Å². The Morgan fingerprint density at radius 2 is 2.35 bits per heavy atom. The van der Waals surface area contributed by atoms with E-state index in [9.17, 15) is 4.79 Å². The Balaban J connectivity index is 2.09. The van der Waals surface area contributed by atoms with Crippen LogP contribution in [0.25, 0.3) is 0 Å². The molecule has 1 aromatic heterocycles. The zero-order chi connectivity index (χ0) is 12.6. The lowest BCUT2D eigenvalue weighted by molar-refractivity contribution is 0.0683. The average Bonchev–Trinajstić information content (AvgIpc) is 3.02. The number of carboxylic acids is 1. The first-order valence-electron chi connectivity index (χ1n) is 5.80. The van der Waals surface area contributed by atoms with Crippen molar-refractivity contribution in [3.05, 3.63) is 21.5 Å². The van der Waals surface area contributed by atoms with Crippen molar-refractivity contribution in [3.63, 3.8) is 0 Å². The molecule has 1 N–H and O–H groups in total. The van der Waals surface area contributed by atoms with Crippen molar-refractivity contribution in [2.45, 2.75) is 38.4 Å². The predicted octanol–water partition coefficient (Wildman–Crippen LogP) is 2.27. The summed E-state index contributed by atoms with van der Waals surface area (Å²) in [6.07, 6.45) is 4.45. The summed E-state index contributed by atoms with van der Waals surface area (Å²) < 4.78 is 2.81. The Labute approximate surface area is 115 Å². The fourth-order valence-electron chi connectivity index (χ4n) is 2.06. The van der Waals surface area contributed by atoms with Crippen molar-refractivity contribution in [1.82, 2.24) is 9.47 Å². The highest BCUT2D eigenvalue weighted by molar-refractivity contribution is 14.1. The van der Waals surface area contributed by atoms with Gasteiger partial charge in [-0.3, -0.25) is 4.90 Å². The number of rotatable bonds is 5. The number of carbonyl (C=O) groups is 1. The normalized spacial score (nSPS) is 17.4. The molecule has 17 heavy (non-hydrogen) atoms. The molecule has 0 radical (unpaired) electrons. The van der Waals surface area contributed by atoms with Gasteiger partial charge in [-0.05, 0) is 55.5 Å². The van der Waals surface area contributed by atoms with Crippen LogP contribution in [-0.2, 0) is 6.54 Å². The van der Waals surface area contributed by atoms with Crippen LogP contribution in [0.15, 0.2) is 12.3 Å². The smallest absolute Gasteiger partial charge is 0.352 e. The maximum absolute atomic E-state index is 11.1. The quantitative estimate of drug-likeness (QED) is 0.831. The third-order valence-electron chi connectivity index (χ3n) is 3.36. The van der Waals surface area contributed by atoms with Gasteiger partial charge in [0.15, 0.2) is 0 Å². The summed E-state index contributed by atoms with van der Waals surface area (Å²) >= 11 is 2.15. The van der Waals surface area contributed by atoms with Crippen LogP contribution in [0.4, 0.5) is 0 Å². The summed E-state index contributed by atoms with van der Waals surface area (Å²) in [4.78, 5) is 13.4. The second-order valence-corrected chi connectivity index (χ2v) is 5.99. The van der Waals surface area contributed by atoms with Gasteiger partial charge in [-0.15, -0.1) is 0 Å². The van der Waals surface area contributed by atoms with Gasteiger partial charge >= 0.3 is 5.97 Å². The van der Waals surface area contributed by atoms with Gasteiger partial charge in [-0.25, -0.2) is 4.79 Å². The van der Waals surface area contributed by atoms with Gasteiger partial charge in [-0.2, -0.15) is 0 Å². The Morgan fingerprint density at radius 3 is 2.88 bits per heavy atom. The number of likely N-dealkylation sites (N-methyl/N-ethyl adjacent to an activating group) is 1. The molecule has 0 aliphatic heterocycles. The molecule has 1 fully saturated rings. The summed E-state index contributed by atoms with van der Waals surface area (Å²) in [6.45, 7) is 2.88. The van der Waals surface area contributed by atoms with Crippen LogP contribution in [0.5, 0.6) is 0 Å². The first-order chi connectivity index (χ1) is 7.99. The third kappa shape index (κ3) is 3.01. The molecule has 0 bridgehead atoms. The molecule has 1 saturated carbocycles. The van der Waals surface area contributed by atoms with Crippen molar-refractivity contribution in [2.75, 3.05) is 7.05 Å². The van der Waals surface area contributed by atoms with Crippen LogP contribution >= 0.6 is 22.6 Å². The molecule has 1 aliphatic carbocycles. The molecule has 94 valence electrons. The lowest BCUT2D eigenvalue weighted by Crippen LogP contribution is -2.34. The summed E-state index contributed by atoms with van der Waals surface area (Å²) in [5.41, 5.74) is 0.380. The number of hydrogen-bond acceptors (Lipinski definition) is 2. The van der Waals surface area contributed by atoms with Crippen molar-refractivity contribution >= 4 is 28.6 Å². The largest absolute Gasteiger partial charge is 0.477 e. The highest BCUT2D eigenvalue weighted by atomic mass is 127. The maximum atomic E-state index is 11.1. The second-order valence-electron chi connectivity index (χ2n) is 4.75. The number of nitrogens with zero attached hydrogens (tertiary/aromatic N) is 2. The fraction of sp³-hybridized carbons (Fsp3) is 0.583. The summed E-state index contributed by atoms with van der Waals surface area (Å²) in [5, 5.41) is 9.11. The number of hydrogen-bond donors (Lipinski definition) is 1. The molecule has 1 aromatic rings. The number of halogens is 1. The molecule has 1 unspecified atom stereocenters. The van der Waals surface area contributed by atoms with E-state index >= 15 is 0 Å². The zero-order valence-electron chi connectivity index (χ0n) is 10.1. The number of aromatic carboxylic acids is 1. The molecule has 5 heteroatoms. The molecule has 0 spiro atoms. The predicted molar refractivity (Wildman–Crippen MR) is 74.4 cm³/mol. The SMILES string of the molecule is CC(Cn1cc(I)cc1C(=O)O)N(C)C1CC1. The van der Waals surface area contributed by atoms with Gasteiger partial charge in [0.1, 0.15) is 5.69 Å². The van der Waals surface area contributed by atoms with E-state index in [4.69, 9.17) is 5.11 Å². The minimum Gasteiger partial charge on any atom is -0.477 e. The zero-order valence-corrected chi connectivity index (χ0v) is 12.2. The van der Waals surface area contributed by atoms with Gasteiger partial charge in [0.25, 0.3) is 0 Å². The minimum atomic E-state index is -0.853. The van der Waals surface area contributed by atoms with Crippen LogP contribution in [0.2, 0.25) is 0 Å². The molecule has 1 aliphatic rings. The Hall–Kier alpha value is -0.560. The number of aromatic nitrogens is 1. The van der Waals surface area contributed by atoms with E-state index < -0.39 is 5.97 Å². The van der Waals surface area contributed by atoms with E-state index in [1.165, 1.54) is 12.8 Å². The molecule has 2 rings (SSSR count).